The summed E-state index contributed by atoms with van der Waals surface area (Å²) in [5.74, 6) is -0.823. The molecular formula is C20H22N2O8. The highest BCUT2D eigenvalue weighted by Gasteiger charge is 2.39. The van der Waals surface area contributed by atoms with Crippen LogP contribution in [0.1, 0.15) is 35.5 Å². The van der Waals surface area contributed by atoms with Gasteiger partial charge in [-0.25, -0.2) is 4.79 Å². The van der Waals surface area contributed by atoms with Crippen LogP contribution in [-0.4, -0.2) is 52.0 Å². The lowest BCUT2D eigenvalue weighted by Crippen LogP contribution is -2.45. The highest BCUT2D eigenvalue weighted by molar-refractivity contribution is 5.95. The average Bonchev–Trinajstić information content (AvgIpc) is 3.12. The van der Waals surface area contributed by atoms with E-state index in [2.05, 4.69) is 0 Å². The number of aryl methyl sites for hydroxylation is 1. The lowest BCUT2D eigenvalue weighted by atomic mass is 10.2. The van der Waals surface area contributed by atoms with Crippen molar-refractivity contribution in [3.63, 3.8) is 0 Å². The van der Waals surface area contributed by atoms with E-state index in [1.165, 1.54) is 39.3 Å². The molecule has 3 unspecified atom stereocenters. The molecule has 0 aliphatic carbocycles. The maximum Gasteiger partial charge on any atom is 0.340 e. The van der Waals surface area contributed by atoms with Gasteiger partial charge < -0.3 is 19.3 Å². The van der Waals surface area contributed by atoms with E-state index in [9.17, 15) is 24.3 Å². The van der Waals surface area contributed by atoms with Crippen LogP contribution < -0.4 is 16.0 Å². The molecule has 3 atom stereocenters. The number of hydrogen-bond donors (Lipinski definition) is 1. The Balaban J connectivity index is 2.01. The molecule has 1 N–H and O–H groups in total. The second kappa shape index (κ2) is 8.64. The summed E-state index contributed by atoms with van der Waals surface area (Å²) in [6, 6.07) is 5.99. The molecule has 10 nitrogen and oxygen atoms in total. The molecule has 160 valence electrons. The monoisotopic (exact) mass is 418 g/mol. The van der Waals surface area contributed by atoms with Crippen molar-refractivity contribution in [2.24, 2.45) is 0 Å². The van der Waals surface area contributed by atoms with Gasteiger partial charge in [0.05, 0.1) is 13.7 Å². The number of aliphatic hydroxyl groups is 1. The average molecular weight is 418 g/mol. The van der Waals surface area contributed by atoms with Crippen molar-refractivity contribution in [3.8, 4) is 5.75 Å². The number of benzene rings is 1. The predicted octanol–water partition coefficient (Wildman–Crippen LogP) is 0.227. The number of nitrogens with zero attached hydrogens (tertiary/aromatic N) is 2. The van der Waals surface area contributed by atoms with Crippen LogP contribution >= 0.6 is 0 Å². The first kappa shape index (κ1) is 21.5. The minimum Gasteiger partial charge on any atom is -0.497 e. The Hall–Kier alpha value is -3.24. The fourth-order valence-electron chi connectivity index (χ4n) is 3.32. The van der Waals surface area contributed by atoms with Crippen LogP contribution in [0.2, 0.25) is 0 Å². The van der Waals surface area contributed by atoms with E-state index in [-0.39, 0.29) is 17.5 Å². The van der Waals surface area contributed by atoms with Gasteiger partial charge in [-0.1, -0.05) is 0 Å². The summed E-state index contributed by atoms with van der Waals surface area (Å²) >= 11 is 0. The number of aliphatic hydroxyl groups excluding tert-OH is 1. The molecule has 1 aromatic carbocycles. The van der Waals surface area contributed by atoms with Crippen molar-refractivity contribution >= 4 is 11.9 Å². The largest absolute Gasteiger partial charge is 0.497 e. The SMILES string of the molecule is COc1ccc(C(=O)n2c(=O)c(C)cn(C3CC(OC(C)=O)C(CO)O3)c2=O)cc1. The van der Waals surface area contributed by atoms with Gasteiger partial charge in [-0.3, -0.25) is 19.0 Å². The van der Waals surface area contributed by atoms with Crippen LogP contribution in [0.15, 0.2) is 40.1 Å². The van der Waals surface area contributed by atoms with Gasteiger partial charge in [0.2, 0.25) is 0 Å². The highest BCUT2D eigenvalue weighted by Crippen LogP contribution is 2.29. The van der Waals surface area contributed by atoms with Crippen LogP contribution in [-0.2, 0) is 14.3 Å². The second-order valence-corrected chi connectivity index (χ2v) is 6.87. The van der Waals surface area contributed by atoms with Crippen LogP contribution in [0.3, 0.4) is 0 Å². The van der Waals surface area contributed by atoms with Crippen LogP contribution in [0.25, 0.3) is 0 Å². The number of rotatable bonds is 5. The summed E-state index contributed by atoms with van der Waals surface area (Å²) in [6.45, 7) is 2.27. The highest BCUT2D eigenvalue weighted by atomic mass is 16.6. The number of ether oxygens (including phenoxy) is 3. The standard InChI is InChI=1S/C20H22N2O8/c1-11-9-21(17-8-15(29-12(2)24)16(10-23)30-17)20(27)22(18(11)25)19(26)13-4-6-14(28-3)7-5-13/h4-7,9,15-17,23H,8,10H2,1-3H3. The Bertz CT molecular complexity index is 1070. The van der Waals surface area contributed by atoms with Crippen LogP contribution in [0.5, 0.6) is 5.75 Å². The summed E-state index contributed by atoms with van der Waals surface area (Å²) < 4.78 is 17.5. The molecule has 0 saturated carbocycles. The summed E-state index contributed by atoms with van der Waals surface area (Å²) in [6.07, 6.45) is -1.14. The van der Waals surface area contributed by atoms with Gasteiger partial charge in [-0.2, -0.15) is 4.57 Å². The minimum atomic E-state index is -0.923. The van der Waals surface area contributed by atoms with Crippen molar-refractivity contribution in [2.45, 2.75) is 38.7 Å². The smallest absolute Gasteiger partial charge is 0.340 e. The summed E-state index contributed by atoms with van der Waals surface area (Å²) in [7, 11) is 1.48. The molecule has 0 radical (unpaired) electrons. The maximum atomic E-state index is 13.0. The fourth-order valence-corrected chi connectivity index (χ4v) is 3.32. The molecule has 2 aromatic rings. The number of esters is 1. The number of methoxy groups -OCH3 is 1. The summed E-state index contributed by atoms with van der Waals surface area (Å²) in [5, 5.41) is 9.49. The third-order valence-corrected chi connectivity index (χ3v) is 4.81. The molecule has 1 aromatic heterocycles. The zero-order chi connectivity index (χ0) is 22.0. The van der Waals surface area contributed by atoms with E-state index < -0.39 is 48.2 Å². The second-order valence-electron chi connectivity index (χ2n) is 6.87. The van der Waals surface area contributed by atoms with Crippen molar-refractivity contribution in [1.82, 2.24) is 9.13 Å². The lowest BCUT2D eigenvalue weighted by molar-refractivity contribution is -0.150. The number of carbonyl (C=O) groups excluding carboxylic acids is 2. The van der Waals surface area contributed by atoms with Gasteiger partial charge in [0.1, 0.15) is 24.2 Å². The van der Waals surface area contributed by atoms with Gasteiger partial charge in [0.25, 0.3) is 11.5 Å². The van der Waals surface area contributed by atoms with E-state index in [0.717, 1.165) is 4.57 Å². The Morgan fingerprint density at radius 2 is 1.90 bits per heavy atom. The molecular weight excluding hydrogens is 396 g/mol. The topological polar surface area (TPSA) is 126 Å². The molecule has 1 aliphatic heterocycles. The van der Waals surface area contributed by atoms with Crippen molar-refractivity contribution in [3.05, 3.63) is 62.4 Å². The number of aromatic nitrogens is 2. The summed E-state index contributed by atoms with van der Waals surface area (Å²) in [4.78, 5) is 49.8. The third kappa shape index (κ3) is 4.05. The van der Waals surface area contributed by atoms with Crippen molar-refractivity contribution < 1.29 is 28.9 Å². The molecule has 0 bridgehead atoms. The van der Waals surface area contributed by atoms with Gasteiger partial charge in [-0.15, -0.1) is 0 Å². The van der Waals surface area contributed by atoms with E-state index in [4.69, 9.17) is 14.2 Å². The first-order valence-electron chi connectivity index (χ1n) is 9.24. The van der Waals surface area contributed by atoms with E-state index in [1.54, 1.807) is 12.1 Å². The first-order valence-corrected chi connectivity index (χ1v) is 9.24. The zero-order valence-electron chi connectivity index (χ0n) is 16.7. The van der Waals surface area contributed by atoms with Crippen LogP contribution in [0.4, 0.5) is 0 Å². The molecule has 1 saturated heterocycles. The van der Waals surface area contributed by atoms with E-state index in [0.29, 0.717) is 10.3 Å². The zero-order valence-corrected chi connectivity index (χ0v) is 16.7. The maximum absolute atomic E-state index is 13.0. The van der Waals surface area contributed by atoms with E-state index in [1.807, 2.05) is 0 Å². The fraction of sp³-hybridized carbons (Fsp3) is 0.400. The molecule has 1 aliphatic rings. The predicted molar refractivity (Wildman–Crippen MR) is 104 cm³/mol. The third-order valence-electron chi connectivity index (χ3n) is 4.81. The van der Waals surface area contributed by atoms with Gasteiger partial charge in [0.15, 0.2) is 0 Å². The molecule has 2 heterocycles. The van der Waals surface area contributed by atoms with Crippen LogP contribution in [0, 0.1) is 6.92 Å². The first-order chi connectivity index (χ1) is 14.3. The van der Waals surface area contributed by atoms with Crippen molar-refractivity contribution in [2.75, 3.05) is 13.7 Å². The van der Waals surface area contributed by atoms with Gasteiger partial charge >= 0.3 is 11.7 Å². The van der Waals surface area contributed by atoms with Gasteiger partial charge in [0, 0.05) is 30.7 Å². The minimum absolute atomic E-state index is 0.0824. The van der Waals surface area contributed by atoms with Gasteiger partial charge in [-0.05, 0) is 31.2 Å². The Morgan fingerprint density at radius 1 is 1.23 bits per heavy atom. The molecule has 0 spiro atoms. The van der Waals surface area contributed by atoms with E-state index >= 15 is 0 Å². The Morgan fingerprint density at radius 3 is 2.47 bits per heavy atom. The molecule has 3 rings (SSSR count). The molecule has 30 heavy (non-hydrogen) atoms. The number of carbonyl (C=O) groups is 2. The quantitative estimate of drug-likeness (QED) is 0.684. The lowest BCUT2D eigenvalue weighted by Gasteiger charge is -2.17. The Kier molecular flexibility index (Phi) is 6.18. The normalized spacial score (nSPS) is 20.7. The molecule has 10 heteroatoms. The molecule has 1 fully saturated rings. The number of hydrogen-bond acceptors (Lipinski definition) is 8. The summed E-state index contributed by atoms with van der Waals surface area (Å²) in [5.41, 5.74) is -1.36. The molecule has 0 amide bonds. The van der Waals surface area contributed by atoms with Crippen molar-refractivity contribution in [1.29, 1.82) is 0 Å². The Labute approximate surface area is 171 Å².